The van der Waals surface area contributed by atoms with Crippen LogP contribution in [0.4, 0.5) is 4.79 Å². The predicted octanol–water partition coefficient (Wildman–Crippen LogP) is 2.28. The highest BCUT2D eigenvalue weighted by Crippen LogP contribution is 2.28. The number of nitrogens with one attached hydrogen (secondary N) is 2. The fourth-order valence-electron chi connectivity index (χ4n) is 3.05. The molecule has 124 valence electrons. The van der Waals surface area contributed by atoms with Crippen molar-refractivity contribution in [3.05, 3.63) is 58.9 Å². The summed E-state index contributed by atoms with van der Waals surface area (Å²) in [6.07, 6.45) is 0. The monoisotopic (exact) mass is 325 g/mol. The number of rotatable bonds is 4. The summed E-state index contributed by atoms with van der Waals surface area (Å²) in [7, 11) is 0. The van der Waals surface area contributed by atoms with Crippen LogP contribution < -0.4 is 5.32 Å². The summed E-state index contributed by atoms with van der Waals surface area (Å²) in [4.78, 5) is 41.6. The number of H-pyrrole nitrogens is 1. The van der Waals surface area contributed by atoms with Gasteiger partial charge in [0.25, 0.3) is 5.91 Å². The number of aryl methyl sites for hydroxylation is 2. The third-order valence-corrected chi connectivity index (χ3v) is 4.38. The van der Waals surface area contributed by atoms with Crippen LogP contribution in [0.2, 0.25) is 0 Å². The van der Waals surface area contributed by atoms with Gasteiger partial charge in [0.1, 0.15) is 5.54 Å². The first-order chi connectivity index (χ1) is 11.3. The van der Waals surface area contributed by atoms with Gasteiger partial charge in [-0.25, -0.2) is 4.79 Å². The summed E-state index contributed by atoms with van der Waals surface area (Å²) in [6.45, 7) is 5.02. The van der Waals surface area contributed by atoms with Crippen LogP contribution in [-0.4, -0.2) is 34.2 Å². The van der Waals surface area contributed by atoms with Crippen molar-refractivity contribution in [2.45, 2.75) is 26.3 Å². The number of hydrogen-bond donors (Lipinski definition) is 2. The number of ketones is 1. The topological polar surface area (TPSA) is 82.3 Å². The molecule has 3 rings (SSSR count). The van der Waals surface area contributed by atoms with E-state index in [1.165, 1.54) is 0 Å². The van der Waals surface area contributed by atoms with E-state index in [0.717, 1.165) is 16.3 Å². The molecule has 6 heteroatoms. The van der Waals surface area contributed by atoms with E-state index < -0.39 is 17.5 Å². The third-order valence-electron chi connectivity index (χ3n) is 4.38. The quantitative estimate of drug-likeness (QED) is 0.668. The van der Waals surface area contributed by atoms with E-state index in [4.69, 9.17) is 0 Å². The van der Waals surface area contributed by atoms with Crippen molar-refractivity contribution in [3.8, 4) is 0 Å². The van der Waals surface area contributed by atoms with Crippen LogP contribution in [0.25, 0.3) is 0 Å². The number of carbonyl (C=O) groups excluding carboxylic acids is 3. The third kappa shape index (κ3) is 2.50. The molecule has 2 heterocycles. The molecule has 1 saturated heterocycles. The second kappa shape index (κ2) is 5.63. The van der Waals surface area contributed by atoms with E-state index in [9.17, 15) is 14.4 Å². The minimum absolute atomic E-state index is 0.266. The van der Waals surface area contributed by atoms with Crippen molar-refractivity contribution in [1.82, 2.24) is 15.2 Å². The molecule has 1 fully saturated rings. The molecule has 0 spiro atoms. The molecule has 1 aliphatic rings. The SMILES string of the molecule is Cc1cc(C(=O)CN2C(=O)N[C@](C)(c3ccccc3)C2=O)c(C)[nH]1. The normalized spacial score (nSPS) is 20.4. The molecule has 2 N–H and O–H groups in total. The van der Waals surface area contributed by atoms with Crippen molar-refractivity contribution in [2.75, 3.05) is 6.54 Å². The molecule has 0 aliphatic carbocycles. The van der Waals surface area contributed by atoms with Gasteiger partial charge in [-0.15, -0.1) is 0 Å². The van der Waals surface area contributed by atoms with Gasteiger partial charge < -0.3 is 10.3 Å². The van der Waals surface area contributed by atoms with Gasteiger partial charge in [-0.3, -0.25) is 14.5 Å². The predicted molar refractivity (Wildman–Crippen MR) is 88.6 cm³/mol. The Morgan fingerprint density at radius 3 is 2.42 bits per heavy atom. The molecule has 0 radical (unpaired) electrons. The minimum atomic E-state index is -1.15. The highest BCUT2D eigenvalue weighted by molar-refractivity contribution is 6.11. The van der Waals surface area contributed by atoms with Gasteiger partial charge in [-0.1, -0.05) is 30.3 Å². The first-order valence-electron chi connectivity index (χ1n) is 7.72. The van der Waals surface area contributed by atoms with Crippen LogP contribution in [-0.2, 0) is 10.3 Å². The number of urea groups is 1. The number of amides is 3. The van der Waals surface area contributed by atoms with E-state index in [1.807, 2.05) is 13.0 Å². The Bertz CT molecular complexity index is 825. The Hall–Kier alpha value is -2.89. The van der Waals surface area contributed by atoms with Gasteiger partial charge in [-0.2, -0.15) is 0 Å². The molecule has 3 amide bonds. The van der Waals surface area contributed by atoms with Crippen molar-refractivity contribution in [3.63, 3.8) is 0 Å². The molecule has 0 bridgehead atoms. The van der Waals surface area contributed by atoms with Gasteiger partial charge in [0.2, 0.25) is 0 Å². The molecule has 6 nitrogen and oxygen atoms in total. The van der Waals surface area contributed by atoms with E-state index in [1.54, 1.807) is 44.2 Å². The molecule has 0 saturated carbocycles. The summed E-state index contributed by atoms with van der Waals surface area (Å²) in [5, 5.41) is 2.70. The Morgan fingerprint density at radius 1 is 1.17 bits per heavy atom. The Morgan fingerprint density at radius 2 is 1.83 bits per heavy atom. The average molecular weight is 325 g/mol. The fraction of sp³-hybridized carbons (Fsp3) is 0.278. The maximum atomic E-state index is 12.8. The smallest absolute Gasteiger partial charge is 0.325 e. The number of benzene rings is 1. The van der Waals surface area contributed by atoms with Gasteiger partial charge in [0.05, 0.1) is 6.54 Å². The summed E-state index contributed by atoms with van der Waals surface area (Å²) in [6, 6.07) is 10.2. The lowest BCUT2D eigenvalue weighted by Gasteiger charge is -2.22. The van der Waals surface area contributed by atoms with E-state index in [0.29, 0.717) is 11.1 Å². The lowest BCUT2D eigenvalue weighted by molar-refractivity contribution is -0.130. The lowest BCUT2D eigenvalue weighted by atomic mass is 9.92. The number of hydrogen-bond acceptors (Lipinski definition) is 3. The molecule has 24 heavy (non-hydrogen) atoms. The number of nitrogens with zero attached hydrogens (tertiary/aromatic N) is 1. The number of imide groups is 1. The largest absolute Gasteiger partial charge is 0.362 e. The first-order valence-corrected chi connectivity index (χ1v) is 7.72. The minimum Gasteiger partial charge on any atom is -0.362 e. The van der Waals surface area contributed by atoms with E-state index >= 15 is 0 Å². The summed E-state index contributed by atoms with van der Waals surface area (Å²) in [5.74, 6) is -0.686. The van der Waals surface area contributed by atoms with Crippen LogP contribution in [0.1, 0.15) is 34.2 Å². The Labute approximate surface area is 139 Å². The highest BCUT2D eigenvalue weighted by Gasteiger charge is 2.49. The molecule has 1 atom stereocenters. The zero-order valence-electron chi connectivity index (χ0n) is 13.8. The van der Waals surface area contributed by atoms with E-state index in [2.05, 4.69) is 10.3 Å². The van der Waals surface area contributed by atoms with Gasteiger partial charge >= 0.3 is 6.03 Å². The van der Waals surface area contributed by atoms with E-state index in [-0.39, 0.29) is 12.3 Å². The lowest BCUT2D eigenvalue weighted by Crippen LogP contribution is -2.41. The first kappa shape index (κ1) is 16.0. The standard InChI is InChI=1S/C18H19N3O3/c1-11-9-14(12(2)19-11)15(22)10-21-16(23)18(3,20-17(21)24)13-7-5-4-6-8-13/h4-9,19H,10H2,1-3H3,(H,20,24)/t18-/m1/s1. The molecular formula is C18H19N3O3. The molecule has 1 aromatic carbocycles. The van der Waals surface area contributed by atoms with Gasteiger partial charge in [0.15, 0.2) is 5.78 Å². The van der Waals surface area contributed by atoms with Crippen molar-refractivity contribution >= 4 is 17.7 Å². The van der Waals surface area contributed by atoms with Crippen LogP contribution >= 0.6 is 0 Å². The van der Waals surface area contributed by atoms with Gasteiger partial charge in [-0.05, 0) is 32.4 Å². The molecule has 1 aromatic heterocycles. The molecular weight excluding hydrogens is 306 g/mol. The van der Waals surface area contributed by atoms with Crippen molar-refractivity contribution < 1.29 is 14.4 Å². The average Bonchev–Trinajstić information content (AvgIpc) is 3.00. The Balaban J connectivity index is 1.85. The van der Waals surface area contributed by atoms with Gasteiger partial charge in [0, 0.05) is 17.0 Å². The highest BCUT2D eigenvalue weighted by atomic mass is 16.2. The summed E-state index contributed by atoms with van der Waals surface area (Å²) in [5.41, 5.74) is 1.63. The Kier molecular flexibility index (Phi) is 3.75. The van der Waals surface area contributed by atoms with Crippen LogP contribution in [0, 0.1) is 13.8 Å². The second-order valence-electron chi connectivity index (χ2n) is 6.23. The van der Waals surface area contributed by atoms with Crippen molar-refractivity contribution in [1.29, 1.82) is 0 Å². The maximum absolute atomic E-state index is 12.8. The number of Topliss-reactive ketones (excluding diaryl/α,β-unsaturated/α-hetero) is 1. The van der Waals surface area contributed by atoms with Crippen LogP contribution in [0.3, 0.4) is 0 Å². The maximum Gasteiger partial charge on any atom is 0.325 e. The van der Waals surface area contributed by atoms with Crippen LogP contribution in [0.5, 0.6) is 0 Å². The number of aromatic nitrogens is 1. The van der Waals surface area contributed by atoms with Crippen LogP contribution in [0.15, 0.2) is 36.4 Å². The number of aromatic amines is 1. The van der Waals surface area contributed by atoms with Crippen molar-refractivity contribution in [2.24, 2.45) is 0 Å². The second-order valence-corrected chi connectivity index (χ2v) is 6.23. The molecule has 2 aromatic rings. The number of carbonyl (C=O) groups is 3. The fourth-order valence-corrected chi connectivity index (χ4v) is 3.05. The summed E-state index contributed by atoms with van der Waals surface area (Å²) < 4.78 is 0. The molecule has 0 unspecified atom stereocenters. The zero-order valence-corrected chi connectivity index (χ0v) is 13.8. The zero-order chi connectivity index (χ0) is 17.5. The summed E-state index contributed by atoms with van der Waals surface area (Å²) >= 11 is 0. The molecule has 1 aliphatic heterocycles.